The molecule has 0 spiro atoms. The van der Waals surface area contributed by atoms with Gasteiger partial charge in [0.15, 0.2) is 0 Å². The number of amides is 1. The van der Waals surface area contributed by atoms with Crippen molar-refractivity contribution in [2.75, 3.05) is 13.1 Å². The van der Waals surface area contributed by atoms with Crippen molar-refractivity contribution >= 4 is 5.91 Å². The Hall–Kier alpha value is -1.43. The van der Waals surface area contributed by atoms with E-state index in [9.17, 15) is 4.79 Å². The van der Waals surface area contributed by atoms with E-state index in [1.165, 1.54) is 0 Å². The molecule has 0 radical (unpaired) electrons. The molecule has 1 unspecified atom stereocenters. The molecule has 1 aromatic heterocycles. The van der Waals surface area contributed by atoms with Crippen LogP contribution < -0.4 is 11.1 Å². The molecule has 0 aliphatic heterocycles. The Labute approximate surface area is 108 Å². The lowest BCUT2D eigenvalue weighted by Crippen LogP contribution is -2.31. The fourth-order valence-electron chi connectivity index (χ4n) is 1.93. The molecule has 18 heavy (non-hydrogen) atoms. The highest BCUT2D eigenvalue weighted by molar-refractivity contribution is 5.76. The zero-order chi connectivity index (χ0) is 13.4. The van der Waals surface area contributed by atoms with Crippen LogP contribution in [0.4, 0.5) is 0 Å². The van der Waals surface area contributed by atoms with E-state index < -0.39 is 0 Å². The quantitative estimate of drug-likeness (QED) is 0.702. The SMILES string of the molecule is CC(C)CC(CN)CC(=O)NCCn1ccnn1. The third kappa shape index (κ3) is 5.77. The average molecular weight is 253 g/mol. The van der Waals surface area contributed by atoms with Crippen molar-refractivity contribution in [1.82, 2.24) is 20.3 Å². The van der Waals surface area contributed by atoms with Crippen LogP contribution in [0.25, 0.3) is 0 Å². The van der Waals surface area contributed by atoms with E-state index in [-0.39, 0.29) is 11.8 Å². The molecule has 1 amide bonds. The number of nitrogens with one attached hydrogen (secondary N) is 1. The summed E-state index contributed by atoms with van der Waals surface area (Å²) in [5.41, 5.74) is 5.67. The first-order chi connectivity index (χ1) is 8.61. The van der Waals surface area contributed by atoms with Gasteiger partial charge in [-0.2, -0.15) is 0 Å². The summed E-state index contributed by atoms with van der Waals surface area (Å²) in [6, 6.07) is 0. The van der Waals surface area contributed by atoms with E-state index in [1.807, 2.05) is 0 Å². The molecule has 0 aliphatic rings. The highest BCUT2D eigenvalue weighted by Gasteiger charge is 2.13. The Balaban J connectivity index is 2.19. The number of hydrogen-bond acceptors (Lipinski definition) is 4. The van der Waals surface area contributed by atoms with Crippen LogP contribution in [0.1, 0.15) is 26.7 Å². The van der Waals surface area contributed by atoms with Crippen LogP contribution in [0, 0.1) is 11.8 Å². The second-order valence-corrected chi connectivity index (χ2v) is 4.95. The molecule has 1 heterocycles. The summed E-state index contributed by atoms with van der Waals surface area (Å²) in [5.74, 6) is 0.907. The molecule has 3 N–H and O–H groups in total. The van der Waals surface area contributed by atoms with Crippen LogP contribution in [0.5, 0.6) is 0 Å². The Morgan fingerprint density at radius 2 is 2.28 bits per heavy atom. The summed E-state index contributed by atoms with van der Waals surface area (Å²) in [7, 11) is 0. The topological polar surface area (TPSA) is 85.8 Å². The molecule has 0 aliphatic carbocycles. The Kier molecular flexibility index (Phi) is 6.35. The van der Waals surface area contributed by atoms with Gasteiger partial charge in [0.2, 0.25) is 5.91 Å². The van der Waals surface area contributed by atoms with Crippen molar-refractivity contribution in [3.63, 3.8) is 0 Å². The minimum atomic E-state index is 0.0613. The second-order valence-electron chi connectivity index (χ2n) is 4.95. The summed E-state index contributed by atoms with van der Waals surface area (Å²) >= 11 is 0. The van der Waals surface area contributed by atoms with Crippen molar-refractivity contribution in [1.29, 1.82) is 0 Å². The van der Waals surface area contributed by atoms with E-state index in [2.05, 4.69) is 29.5 Å². The second kappa shape index (κ2) is 7.81. The standard InChI is InChI=1S/C12H23N5O/c1-10(2)7-11(9-13)8-12(18)14-3-5-17-6-4-15-16-17/h4,6,10-11H,3,5,7-9,13H2,1-2H3,(H,14,18). The molecule has 0 saturated heterocycles. The first-order valence-corrected chi connectivity index (χ1v) is 6.42. The van der Waals surface area contributed by atoms with Crippen LogP contribution in [-0.4, -0.2) is 34.0 Å². The van der Waals surface area contributed by atoms with Crippen LogP contribution in [0.2, 0.25) is 0 Å². The summed E-state index contributed by atoms with van der Waals surface area (Å²) in [6.07, 6.45) is 4.89. The van der Waals surface area contributed by atoms with E-state index in [0.717, 1.165) is 6.42 Å². The van der Waals surface area contributed by atoms with Gasteiger partial charge >= 0.3 is 0 Å². The molecular formula is C12H23N5O. The number of rotatable bonds is 8. The number of nitrogens with zero attached hydrogens (tertiary/aromatic N) is 3. The minimum absolute atomic E-state index is 0.0613. The maximum absolute atomic E-state index is 11.7. The Bertz CT molecular complexity index is 336. The fraction of sp³-hybridized carbons (Fsp3) is 0.750. The average Bonchev–Trinajstić information content (AvgIpc) is 2.80. The number of carbonyl (C=O) groups excluding carboxylic acids is 1. The zero-order valence-corrected chi connectivity index (χ0v) is 11.2. The van der Waals surface area contributed by atoms with Crippen LogP contribution in [0.3, 0.4) is 0 Å². The maximum atomic E-state index is 11.7. The van der Waals surface area contributed by atoms with Crippen LogP contribution >= 0.6 is 0 Å². The number of carbonyl (C=O) groups is 1. The van der Waals surface area contributed by atoms with Gasteiger partial charge in [0, 0.05) is 19.2 Å². The monoisotopic (exact) mass is 253 g/mol. The van der Waals surface area contributed by atoms with Gasteiger partial charge in [-0.05, 0) is 24.8 Å². The molecule has 1 atom stereocenters. The largest absolute Gasteiger partial charge is 0.354 e. The molecule has 1 rings (SSSR count). The Morgan fingerprint density at radius 3 is 2.83 bits per heavy atom. The third-order valence-corrected chi connectivity index (χ3v) is 2.75. The van der Waals surface area contributed by atoms with Gasteiger partial charge in [-0.3, -0.25) is 9.48 Å². The van der Waals surface area contributed by atoms with E-state index in [0.29, 0.717) is 32.0 Å². The smallest absolute Gasteiger partial charge is 0.220 e. The van der Waals surface area contributed by atoms with Gasteiger partial charge in [-0.15, -0.1) is 5.10 Å². The maximum Gasteiger partial charge on any atom is 0.220 e. The van der Waals surface area contributed by atoms with E-state index >= 15 is 0 Å². The molecule has 0 fully saturated rings. The van der Waals surface area contributed by atoms with Crippen molar-refractivity contribution < 1.29 is 4.79 Å². The number of aromatic nitrogens is 3. The summed E-state index contributed by atoms with van der Waals surface area (Å²) in [4.78, 5) is 11.7. The zero-order valence-electron chi connectivity index (χ0n) is 11.2. The highest BCUT2D eigenvalue weighted by atomic mass is 16.1. The lowest BCUT2D eigenvalue weighted by Gasteiger charge is -2.16. The van der Waals surface area contributed by atoms with Crippen LogP contribution in [-0.2, 0) is 11.3 Å². The van der Waals surface area contributed by atoms with Gasteiger partial charge in [-0.1, -0.05) is 19.1 Å². The lowest BCUT2D eigenvalue weighted by atomic mass is 9.94. The van der Waals surface area contributed by atoms with E-state index in [4.69, 9.17) is 5.73 Å². The molecule has 0 bridgehead atoms. The molecule has 6 nitrogen and oxygen atoms in total. The van der Waals surface area contributed by atoms with Crippen molar-refractivity contribution in [2.45, 2.75) is 33.2 Å². The Morgan fingerprint density at radius 1 is 1.50 bits per heavy atom. The van der Waals surface area contributed by atoms with Crippen molar-refractivity contribution in [2.24, 2.45) is 17.6 Å². The first-order valence-electron chi connectivity index (χ1n) is 6.42. The number of nitrogens with two attached hydrogens (primary N) is 1. The summed E-state index contributed by atoms with van der Waals surface area (Å²) in [5, 5.41) is 10.4. The molecular weight excluding hydrogens is 230 g/mol. The van der Waals surface area contributed by atoms with Gasteiger partial charge in [0.25, 0.3) is 0 Å². The predicted octanol–water partition coefficient (Wildman–Crippen LogP) is 0.405. The lowest BCUT2D eigenvalue weighted by molar-refractivity contribution is -0.122. The molecule has 6 heteroatoms. The predicted molar refractivity (Wildman–Crippen MR) is 69.6 cm³/mol. The van der Waals surface area contributed by atoms with Crippen molar-refractivity contribution in [3.05, 3.63) is 12.4 Å². The van der Waals surface area contributed by atoms with Gasteiger partial charge < -0.3 is 11.1 Å². The summed E-state index contributed by atoms with van der Waals surface area (Å²) in [6.45, 7) is 6.07. The molecule has 102 valence electrons. The minimum Gasteiger partial charge on any atom is -0.354 e. The molecule has 1 aromatic rings. The molecule has 0 saturated carbocycles. The highest BCUT2D eigenvalue weighted by Crippen LogP contribution is 2.13. The van der Waals surface area contributed by atoms with Gasteiger partial charge in [0.05, 0.1) is 12.7 Å². The van der Waals surface area contributed by atoms with Crippen LogP contribution in [0.15, 0.2) is 12.4 Å². The van der Waals surface area contributed by atoms with Crippen molar-refractivity contribution in [3.8, 4) is 0 Å². The fourth-order valence-corrected chi connectivity index (χ4v) is 1.93. The third-order valence-electron chi connectivity index (χ3n) is 2.75. The summed E-state index contributed by atoms with van der Waals surface area (Å²) < 4.78 is 1.69. The molecule has 0 aromatic carbocycles. The van der Waals surface area contributed by atoms with E-state index in [1.54, 1.807) is 17.1 Å². The normalized spacial score (nSPS) is 12.7. The number of hydrogen-bond donors (Lipinski definition) is 2. The first kappa shape index (κ1) is 14.6. The van der Waals surface area contributed by atoms with Gasteiger partial charge in [0.1, 0.15) is 0 Å². The van der Waals surface area contributed by atoms with Gasteiger partial charge in [-0.25, -0.2) is 0 Å².